The van der Waals surface area contributed by atoms with Gasteiger partial charge in [0.05, 0.1) is 0 Å². The number of hydrogen-bond donors (Lipinski definition) is 2. The lowest BCUT2D eigenvalue weighted by molar-refractivity contribution is -0.498. The molecule has 0 spiro atoms. The van der Waals surface area contributed by atoms with Gasteiger partial charge in [-0.3, -0.25) is 0 Å². The van der Waals surface area contributed by atoms with E-state index in [0.29, 0.717) is 0 Å². The Hall–Kier alpha value is -2.32. The van der Waals surface area contributed by atoms with Crippen molar-refractivity contribution in [2.45, 2.75) is 95.1 Å². The molecule has 0 amide bonds. The van der Waals surface area contributed by atoms with Gasteiger partial charge in [0, 0.05) is 0 Å². The van der Waals surface area contributed by atoms with E-state index in [9.17, 15) is 140 Å². The van der Waals surface area contributed by atoms with Gasteiger partial charge in [-0.25, -0.2) is 0 Å². The van der Waals surface area contributed by atoms with E-state index in [-0.39, 0.29) is 0 Å². The van der Waals surface area contributed by atoms with Crippen molar-refractivity contribution in [2.75, 3.05) is 0 Å². The zero-order valence-electron chi connectivity index (χ0n) is 21.0. The van der Waals surface area contributed by atoms with Crippen LogP contribution in [0.4, 0.5) is 140 Å². The standard InChI is InChI=1S/C16H2F32O2/c17-1(18,3(21,22)5(25,26)7(29,30)9(33,34)11(37,38)13(41,42)15(44,45)46)2(19,20)4(23,24)6(27,28)8(31,32)10(35,36)12(39,40)14(43,49)16(47,48)50/h49-50H. The first-order chi connectivity index (χ1) is 20.8. The van der Waals surface area contributed by atoms with E-state index < -0.39 is 95.1 Å². The minimum absolute atomic E-state index is 7.55. The summed E-state index contributed by atoms with van der Waals surface area (Å²) in [5.74, 6) is -135. The summed E-state index contributed by atoms with van der Waals surface area (Å²) in [5.41, 5.74) is 0. The van der Waals surface area contributed by atoms with Crippen molar-refractivity contribution in [2.24, 2.45) is 0 Å². The first-order valence-electron chi connectivity index (χ1n) is 10.2. The molecule has 0 bridgehead atoms. The summed E-state index contributed by atoms with van der Waals surface area (Å²) >= 11 is 0. The Morgan fingerprint density at radius 3 is 0.420 bits per heavy atom. The molecule has 0 aliphatic rings. The van der Waals surface area contributed by atoms with Gasteiger partial charge in [-0.05, 0) is 0 Å². The van der Waals surface area contributed by atoms with Crippen LogP contribution in [0.25, 0.3) is 0 Å². The third-order valence-corrected chi connectivity index (χ3v) is 5.90. The molecule has 2 N–H and O–H groups in total. The normalized spacial score (nSPS) is 18.4. The molecule has 0 aliphatic heterocycles. The van der Waals surface area contributed by atoms with Crippen LogP contribution in [-0.4, -0.2) is 105 Å². The van der Waals surface area contributed by atoms with Crippen LogP contribution >= 0.6 is 0 Å². The molecule has 0 aromatic heterocycles. The summed E-state index contributed by atoms with van der Waals surface area (Å²) in [6, 6.07) is 0. The monoisotopic (exact) mass is 834 g/mol. The van der Waals surface area contributed by atoms with Crippen LogP contribution in [0.1, 0.15) is 0 Å². The molecule has 0 saturated heterocycles. The highest BCUT2D eigenvalue weighted by Crippen LogP contribution is 2.69. The van der Waals surface area contributed by atoms with Crippen molar-refractivity contribution in [3.8, 4) is 0 Å². The highest BCUT2D eigenvalue weighted by Gasteiger charge is 3.01. The molecule has 0 rings (SSSR count). The molecule has 0 heterocycles. The van der Waals surface area contributed by atoms with E-state index in [2.05, 4.69) is 0 Å². The zero-order valence-corrected chi connectivity index (χ0v) is 21.0. The second-order valence-corrected chi connectivity index (χ2v) is 9.13. The van der Waals surface area contributed by atoms with E-state index >= 15 is 0 Å². The second kappa shape index (κ2) is 11.1. The van der Waals surface area contributed by atoms with Crippen LogP contribution < -0.4 is 0 Å². The van der Waals surface area contributed by atoms with Crippen molar-refractivity contribution in [3.05, 3.63) is 0 Å². The number of hydrogen-bond acceptors (Lipinski definition) is 2. The summed E-state index contributed by atoms with van der Waals surface area (Å²) in [4.78, 5) is 0. The number of halogens is 32. The molecule has 34 heteroatoms. The van der Waals surface area contributed by atoms with Crippen molar-refractivity contribution in [3.63, 3.8) is 0 Å². The molecular formula is C16H2F32O2. The summed E-state index contributed by atoms with van der Waals surface area (Å²) in [6.07, 6.45) is -16.1. The van der Waals surface area contributed by atoms with Gasteiger partial charge in [-0.2, -0.15) is 140 Å². The Kier molecular flexibility index (Phi) is 10.6. The van der Waals surface area contributed by atoms with Crippen LogP contribution in [0, 0.1) is 0 Å². The zero-order chi connectivity index (χ0) is 42.0. The topological polar surface area (TPSA) is 40.5 Å². The molecule has 50 heavy (non-hydrogen) atoms. The Morgan fingerprint density at radius 1 is 0.180 bits per heavy atom. The van der Waals surface area contributed by atoms with E-state index in [1.165, 1.54) is 0 Å². The second-order valence-electron chi connectivity index (χ2n) is 9.13. The fraction of sp³-hybridized carbons (Fsp3) is 1.00. The lowest BCUT2D eigenvalue weighted by Crippen LogP contribution is -2.80. The SMILES string of the molecule is OC(F)(F)C(O)(F)C(F)(F)C(F)(F)C(F)(F)C(F)(F)C(F)(F)C(F)(F)C(F)(F)C(F)(F)C(F)(F)C(F)(F)C(F)(F)C(F)(F)C(F)(F)C(F)(F)F. The molecule has 1 atom stereocenters. The average Bonchev–Trinajstić information content (AvgIpc) is 2.85. The van der Waals surface area contributed by atoms with Crippen molar-refractivity contribution < 1.29 is 151 Å². The van der Waals surface area contributed by atoms with Crippen LogP contribution in [-0.2, 0) is 0 Å². The van der Waals surface area contributed by atoms with Gasteiger partial charge in [-0.15, -0.1) is 0 Å². The summed E-state index contributed by atoms with van der Waals surface area (Å²) in [7, 11) is 0. The Morgan fingerprint density at radius 2 is 0.300 bits per heavy atom. The predicted molar refractivity (Wildman–Crippen MR) is 83.6 cm³/mol. The highest BCUT2D eigenvalue weighted by atomic mass is 19.4. The van der Waals surface area contributed by atoms with Gasteiger partial charge in [0.15, 0.2) is 0 Å². The van der Waals surface area contributed by atoms with Gasteiger partial charge in [0.1, 0.15) is 0 Å². The van der Waals surface area contributed by atoms with E-state index in [0.717, 1.165) is 0 Å². The van der Waals surface area contributed by atoms with Gasteiger partial charge in [-0.1, -0.05) is 0 Å². The quantitative estimate of drug-likeness (QED) is 0.172. The Bertz CT molecular complexity index is 1150. The molecule has 0 aromatic carbocycles. The lowest BCUT2D eigenvalue weighted by Gasteiger charge is -2.46. The van der Waals surface area contributed by atoms with E-state index in [1.807, 2.05) is 0 Å². The molecule has 302 valence electrons. The van der Waals surface area contributed by atoms with Crippen LogP contribution in [0.2, 0.25) is 0 Å². The van der Waals surface area contributed by atoms with Crippen LogP contribution in [0.5, 0.6) is 0 Å². The smallest absolute Gasteiger partial charge is 0.350 e. The summed E-state index contributed by atoms with van der Waals surface area (Å²) in [5, 5.41) is 15.5. The number of aliphatic hydroxyl groups is 2. The van der Waals surface area contributed by atoms with Gasteiger partial charge >= 0.3 is 95.1 Å². The van der Waals surface area contributed by atoms with Crippen molar-refractivity contribution in [1.29, 1.82) is 0 Å². The van der Waals surface area contributed by atoms with Gasteiger partial charge in [0.2, 0.25) is 0 Å². The van der Waals surface area contributed by atoms with Crippen molar-refractivity contribution >= 4 is 0 Å². The van der Waals surface area contributed by atoms with Crippen LogP contribution in [0.3, 0.4) is 0 Å². The van der Waals surface area contributed by atoms with Gasteiger partial charge in [0.25, 0.3) is 0 Å². The highest BCUT2D eigenvalue weighted by molar-refractivity contribution is 5.21. The Balaban J connectivity index is 7.70. The molecule has 2 nitrogen and oxygen atoms in total. The molecule has 0 fully saturated rings. The minimum Gasteiger partial charge on any atom is -0.350 e. The molecule has 0 radical (unpaired) electrons. The maximum Gasteiger partial charge on any atom is 0.460 e. The third-order valence-electron chi connectivity index (χ3n) is 5.90. The third kappa shape index (κ3) is 5.18. The maximum atomic E-state index is 13.7. The van der Waals surface area contributed by atoms with Crippen LogP contribution in [0.15, 0.2) is 0 Å². The molecule has 0 aliphatic carbocycles. The summed E-state index contributed by atoms with van der Waals surface area (Å²) in [6.45, 7) is 0. The van der Waals surface area contributed by atoms with Crippen molar-refractivity contribution in [1.82, 2.24) is 0 Å². The molecule has 1 unspecified atom stereocenters. The lowest BCUT2D eigenvalue weighted by atomic mass is 9.83. The predicted octanol–water partition coefficient (Wildman–Crippen LogP) is 9.05. The van der Waals surface area contributed by atoms with E-state index in [4.69, 9.17) is 10.2 Å². The number of alkyl halides is 32. The average molecular weight is 834 g/mol. The summed E-state index contributed by atoms with van der Waals surface area (Å²) < 4.78 is 424. The molecule has 0 aromatic rings. The van der Waals surface area contributed by atoms with E-state index in [1.54, 1.807) is 0 Å². The first-order valence-corrected chi connectivity index (χ1v) is 10.2. The fourth-order valence-corrected chi connectivity index (χ4v) is 2.74. The molecular weight excluding hydrogens is 832 g/mol. The Labute approximate surface area is 247 Å². The fourth-order valence-electron chi connectivity index (χ4n) is 2.74. The minimum atomic E-state index is -10.2. The van der Waals surface area contributed by atoms with Gasteiger partial charge < -0.3 is 10.2 Å². The number of rotatable bonds is 14. The largest absolute Gasteiger partial charge is 0.460 e. The maximum absolute atomic E-state index is 13.7. The molecule has 0 saturated carbocycles. The first kappa shape index (κ1) is 47.7.